The lowest BCUT2D eigenvalue weighted by Gasteiger charge is -2.24. The lowest BCUT2D eigenvalue weighted by atomic mass is 10.2. The Balaban J connectivity index is 1.39. The second-order valence-electron chi connectivity index (χ2n) is 8.74. The highest BCUT2D eigenvalue weighted by Gasteiger charge is 2.38. The number of carbonyl (C=O) groups is 1. The molecule has 162 valence electrons. The highest BCUT2D eigenvalue weighted by molar-refractivity contribution is 5.95. The van der Waals surface area contributed by atoms with Crippen molar-refractivity contribution in [2.75, 3.05) is 36.4 Å². The van der Waals surface area contributed by atoms with E-state index >= 15 is 0 Å². The molecule has 0 bridgehead atoms. The van der Waals surface area contributed by atoms with Crippen LogP contribution in [0, 0.1) is 12.7 Å². The van der Waals surface area contributed by atoms with Crippen LogP contribution in [0.25, 0.3) is 11.1 Å². The topological polar surface area (TPSA) is 74.5 Å². The van der Waals surface area contributed by atoms with Crippen molar-refractivity contribution in [3.05, 3.63) is 47.7 Å². The largest absolute Gasteiger partial charge is 0.443 e. The van der Waals surface area contributed by atoms with Crippen molar-refractivity contribution >= 4 is 28.5 Å². The number of hydrogen-bond donors (Lipinski definition) is 1. The van der Waals surface area contributed by atoms with Crippen molar-refractivity contribution in [3.63, 3.8) is 0 Å². The predicted molar refractivity (Wildman–Crippen MR) is 117 cm³/mol. The number of nitrogens with one attached hydrogen (secondary N) is 1. The van der Waals surface area contributed by atoms with Gasteiger partial charge in [0.25, 0.3) is 5.91 Å². The molecule has 1 aromatic carbocycles. The smallest absolute Gasteiger partial charge is 0.291 e. The summed E-state index contributed by atoms with van der Waals surface area (Å²) in [6.45, 7) is 6.29. The van der Waals surface area contributed by atoms with E-state index in [1.807, 2.05) is 24.0 Å². The number of fused-ring (bicyclic) bond motifs is 1. The van der Waals surface area contributed by atoms with Crippen molar-refractivity contribution in [2.45, 2.75) is 38.6 Å². The number of amides is 1. The van der Waals surface area contributed by atoms with Gasteiger partial charge in [0.2, 0.25) is 11.5 Å². The van der Waals surface area contributed by atoms with Crippen LogP contribution in [-0.4, -0.2) is 52.5 Å². The van der Waals surface area contributed by atoms with E-state index in [0.717, 1.165) is 30.4 Å². The molecule has 1 aliphatic carbocycles. The molecule has 1 N–H and O–H groups in total. The second kappa shape index (κ2) is 7.51. The van der Waals surface area contributed by atoms with E-state index in [9.17, 15) is 9.18 Å². The maximum atomic E-state index is 14.2. The van der Waals surface area contributed by atoms with Gasteiger partial charge in [-0.05, 0) is 51.3 Å². The molecule has 2 aliphatic rings. The highest BCUT2D eigenvalue weighted by Crippen LogP contribution is 2.39. The van der Waals surface area contributed by atoms with Crippen LogP contribution < -0.4 is 10.2 Å². The van der Waals surface area contributed by atoms with Gasteiger partial charge in [0, 0.05) is 31.7 Å². The maximum absolute atomic E-state index is 14.2. The van der Waals surface area contributed by atoms with E-state index in [0.29, 0.717) is 43.4 Å². The van der Waals surface area contributed by atoms with Crippen molar-refractivity contribution in [2.24, 2.45) is 0 Å². The number of anilines is 2. The number of aromatic nitrogens is 2. The summed E-state index contributed by atoms with van der Waals surface area (Å²) < 4.78 is 19.9. The first-order valence-electron chi connectivity index (χ1n) is 10.8. The van der Waals surface area contributed by atoms with Crippen LogP contribution in [0.3, 0.4) is 0 Å². The van der Waals surface area contributed by atoms with E-state index in [1.165, 1.54) is 6.07 Å². The van der Waals surface area contributed by atoms with Crippen molar-refractivity contribution in [3.8, 4) is 0 Å². The fraction of sp³-hybridized carbons (Fsp3) is 0.435. The summed E-state index contributed by atoms with van der Waals surface area (Å²) in [6.07, 6.45) is 2.87. The molecule has 2 fully saturated rings. The van der Waals surface area contributed by atoms with Gasteiger partial charge in [-0.1, -0.05) is 12.1 Å². The molecule has 1 amide bonds. The Morgan fingerprint density at radius 3 is 2.74 bits per heavy atom. The third-order valence-corrected chi connectivity index (χ3v) is 6.10. The molecule has 3 aromatic rings. The van der Waals surface area contributed by atoms with Gasteiger partial charge in [-0.2, -0.15) is 4.98 Å². The van der Waals surface area contributed by atoms with Gasteiger partial charge in [-0.3, -0.25) is 4.79 Å². The third-order valence-electron chi connectivity index (χ3n) is 6.10. The van der Waals surface area contributed by atoms with Gasteiger partial charge in [0.1, 0.15) is 17.4 Å². The molecule has 3 heterocycles. The lowest BCUT2D eigenvalue weighted by Crippen LogP contribution is -2.36. The van der Waals surface area contributed by atoms with Crippen LogP contribution in [0.1, 0.15) is 42.6 Å². The number of aryl methyl sites for hydroxylation is 1. The van der Waals surface area contributed by atoms with Gasteiger partial charge in [0.05, 0.1) is 11.1 Å². The minimum atomic E-state index is -0.242. The van der Waals surface area contributed by atoms with Gasteiger partial charge < -0.3 is 19.5 Å². The maximum Gasteiger partial charge on any atom is 0.291 e. The SMILES string of the molecule is Cc1cc2c(NC3(C)CC3)nc(C(=O)N3CCCN(c4ccccc4F)CC3)nc2o1. The lowest BCUT2D eigenvalue weighted by molar-refractivity contribution is 0.0755. The zero-order chi connectivity index (χ0) is 21.6. The van der Waals surface area contributed by atoms with Gasteiger partial charge in [0.15, 0.2) is 0 Å². The van der Waals surface area contributed by atoms with Crippen molar-refractivity contribution in [1.29, 1.82) is 0 Å². The molecule has 0 atom stereocenters. The Morgan fingerprint density at radius 1 is 1.16 bits per heavy atom. The number of hydrogen-bond acceptors (Lipinski definition) is 6. The van der Waals surface area contributed by atoms with E-state index in [2.05, 4.69) is 22.2 Å². The number of furan rings is 1. The number of benzene rings is 1. The Kier molecular flexibility index (Phi) is 4.79. The van der Waals surface area contributed by atoms with E-state index in [1.54, 1.807) is 17.0 Å². The summed E-state index contributed by atoms with van der Waals surface area (Å²) in [6, 6.07) is 8.65. The van der Waals surface area contributed by atoms with E-state index in [-0.39, 0.29) is 23.1 Å². The number of carbonyl (C=O) groups excluding carboxylic acids is 1. The number of para-hydroxylation sites is 1. The molecule has 31 heavy (non-hydrogen) atoms. The van der Waals surface area contributed by atoms with Crippen LogP contribution in [0.4, 0.5) is 15.9 Å². The zero-order valence-electron chi connectivity index (χ0n) is 17.8. The molecule has 1 aliphatic heterocycles. The Labute approximate surface area is 180 Å². The minimum Gasteiger partial charge on any atom is -0.443 e. The summed E-state index contributed by atoms with van der Waals surface area (Å²) >= 11 is 0. The fourth-order valence-electron chi connectivity index (χ4n) is 4.04. The molecular formula is C23H26FN5O2. The predicted octanol–water partition coefficient (Wildman–Crippen LogP) is 3.99. The summed E-state index contributed by atoms with van der Waals surface area (Å²) in [5.41, 5.74) is 1.01. The Morgan fingerprint density at radius 2 is 1.97 bits per heavy atom. The quantitative estimate of drug-likeness (QED) is 0.684. The normalized spacial score (nSPS) is 18.2. The molecule has 0 radical (unpaired) electrons. The Bertz CT molecular complexity index is 1140. The molecule has 1 saturated carbocycles. The van der Waals surface area contributed by atoms with Crippen LogP contribution in [-0.2, 0) is 0 Å². The van der Waals surface area contributed by atoms with E-state index < -0.39 is 0 Å². The molecule has 1 saturated heterocycles. The van der Waals surface area contributed by atoms with Crippen LogP contribution >= 0.6 is 0 Å². The minimum absolute atomic E-state index is 0.00956. The first-order valence-corrected chi connectivity index (χ1v) is 10.8. The molecule has 2 aromatic heterocycles. The second-order valence-corrected chi connectivity index (χ2v) is 8.74. The van der Waals surface area contributed by atoms with Gasteiger partial charge in [-0.25, -0.2) is 9.37 Å². The van der Waals surface area contributed by atoms with Crippen LogP contribution in [0.15, 0.2) is 34.7 Å². The third kappa shape index (κ3) is 3.94. The molecule has 0 spiro atoms. The van der Waals surface area contributed by atoms with Gasteiger partial charge >= 0.3 is 0 Å². The summed E-state index contributed by atoms with van der Waals surface area (Å²) in [7, 11) is 0. The fourth-order valence-corrected chi connectivity index (χ4v) is 4.04. The van der Waals surface area contributed by atoms with E-state index in [4.69, 9.17) is 4.42 Å². The first kappa shape index (κ1) is 19.8. The molecular weight excluding hydrogens is 397 g/mol. The number of nitrogens with zero attached hydrogens (tertiary/aromatic N) is 4. The number of rotatable bonds is 4. The number of halogens is 1. The molecule has 7 nitrogen and oxygen atoms in total. The average molecular weight is 423 g/mol. The van der Waals surface area contributed by atoms with Crippen molar-refractivity contribution < 1.29 is 13.6 Å². The molecule has 0 unspecified atom stereocenters. The molecule has 8 heteroatoms. The average Bonchev–Trinajstić information content (AvgIpc) is 3.42. The standard InChI is InChI=1S/C23H26FN5O2/c1-15-14-16-19(27-23(2)8-9-23)25-20(26-21(16)31-15)22(30)29-11-5-10-28(12-13-29)18-7-4-3-6-17(18)24/h3-4,6-7,14H,5,8-13H2,1-2H3,(H,25,26,27). The summed E-state index contributed by atoms with van der Waals surface area (Å²) in [5, 5.41) is 4.26. The summed E-state index contributed by atoms with van der Waals surface area (Å²) in [4.78, 5) is 26.0. The monoisotopic (exact) mass is 423 g/mol. The highest BCUT2D eigenvalue weighted by atomic mass is 19.1. The van der Waals surface area contributed by atoms with Crippen LogP contribution in [0.5, 0.6) is 0 Å². The molecule has 5 rings (SSSR count). The summed E-state index contributed by atoms with van der Waals surface area (Å²) in [5.74, 6) is 1.04. The Hall–Kier alpha value is -3.16. The first-order chi connectivity index (χ1) is 14.9. The van der Waals surface area contributed by atoms with Crippen LogP contribution in [0.2, 0.25) is 0 Å². The van der Waals surface area contributed by atoms with Gasteiger partial charge in [-0.15, -0.1) is 0 Å². The zero-order valence-corrected chi connectivity index (χ0v) is 17.8. The van der Waals surface area contributed by atoms with Crippen molar-refractivity contribution in [1.82, 2.24) is 14.9 Å².